The summed E-state index contributed by atoms with van der Waals surface area (Å²) in [7, 11) is -4.17. The minimum atomic E-state index is -4.17. The van der Waals surface area contributed by atoms with E-state index in [1.165, 1.54) is 23.9 Å². The summed E-state index contributed by atoms with van der Waals surface area (Å²) in [5.41, 5.74) is 4.77. The summed E-state index contributed by atoms with van der Waals surface area (Å²) in [6, 6.07) is 18.6. The molecule has 204 valence electrons. The Morgan fingerprint density at radius 3 is 2.60 bits per heavy atom. The lowest BCUT2D eigenvalue weighted by Crippen LogP contribution is -2.28. The van der Waals surface area contributed by atoms with Crippen LogP contribution in [0.5, 0.6) is 0 Å². The van der Waals surface area contributed by atoms with Crippen molar-refractivity contribution in [1.82, 2.24) is 9.29 Å². The molecular weight excluding hydrogens is 590 g/mol. The molecule has 0 fully saturated rings. The van der Waals surface area contributed by atoms with E-state index in [2.05, 4.69) is 28.8 Å². The van der Waals surface area contributed by atoms with Crippen molar-refractivity contribution in [2.24, 2.45) is 0 Å². The molecule has 0 aliphatic heterocycles. The normalized spacial score (nSPS) is 13.8. The average molecular weight is 614 g/mol. The maximum atomic E-state index is 14.9. The lowest BCUT2D eigenvalue weighted by atomic mass is 9.95. The van der Waals surface area contributed by atoms with E-state index in [-0.39, 0.29) is 13.6 Å². The Hall–Kier alpha value is -3.17. The second kappa shape index (κ2) is 10.7. The Kier molecular flexibility index (Phi) is 7.21. The minimum absolute atomic E-state index is 0.0908. The zero-order valence-corrected chi connectivity index (χ0v) is 24.2. The van der Waals surface area contributed by atoms with Gasteiger partial charge in [0.2, 0.25) is 0 Å². The van der Waals surface area contributed by atoms with Gasteiger partial charge in [-0.25, -0.2) is 17.5 Å². The lowest BCUT2D eigenvalue weighted by molar-refractivity contribution is -0.114. The molecule has 0 atom stereocenters. The van der Waals surface area contributed by atoms with Crippen LogP contribution in [0.4, 0.5) is 4.39 Å². The van der Waals surface area contributed by atoms with E-state index in [1.807, 2.05) is 22.9 Å². The third-order valence-electron chi connectivity index (χ3n) is 7.21. The fourth-order valence-corrected chi connectivity index (χ4v) is 8.33. The number of fused-ring (bicyclic) bond motifs is 4. The van der Waals surface area contributed by atoms with Gasteiger partial charge in [-0.1, -0.05) is 65.7 Å². The number of halogens is 3. The molecule has 10 heteroatoms. The number of nitrogens with zero attached hydrogens (tertiary/aromatic N) is 1. The minimum Gasteiger partial charge on any atom is -0.339 e. The van der Waals surface area contributed by atoms with Crippen LogP contribution in [0.1, 0.15) is 35.2 Å². The molecule has 2 aromatic heterocycles. The number of carbonyl (C=O) groups is 1. The van der Waals surface area contributed by atoms with Gasteiger partial charge in [-0.05, 0) is 71.9 Å². The number of hydrogen-bond donors (Lipinski definition) is 1. The van der Waals surface area contributed by atoms with Crippen LogP contribution in [0.3, 0.4) is 0 Å². The van der Waals surface area contributed by atoms with Gasteiger partial charge in [-0.3, -0.25) is 4.79 Å². The molecule has 0 spiro atoms. The maximum absolute atomic E-state index is 14.9. The van der Waals surface area contributed by atoms with Gasteiger partial charge in [-0.2, -0.15) is 0 Å². The fraction of sp³-hybridized carbons (Fsp3) is 0.167. The summed E-state index contributed by atoms with van der Waals surface area (Å²) in [4.78, 5) is 12.7. The van der Waals surface area contributed by atoms with Crippen LogP contribution in [0.2, 0.25) is 9.36 Å². The summed E-state index contributed by atoms with van der Waals surface area (Å²) >= 11 is 12.5. The molecular formula is C30H23Cl2FN2O3S2. The average Bonchev–Trinajstić information content (AvgIpc) is 3.44. The first-order chi connectivity index (χ1) is 19.2. The molecule has 1 aliphatic rings. The Morgan fingerprint density at radius 1 is 1.02 bits per heavy atom. The number of aryl methyl sites for hydroxylation is 1. The number of aromatic nitrogens is 1. The number of rotatable bonds is 6. The summed E-state index contributed by atoms with van der Waals surface area (Å²) in [6.45, 7) is 0.583. The Morgan fingerprint density at radius 2 is 1.80 bits per heavy atom. The first-order valence-corrected chi connectivity index (χ1v) is 15.8. The summed E-state index contributed by atoms with van der Waals surface area (Å²) in [5.74, 6) is -1.28. The van der Waals surface area contributed by atoms with Crippen LogP contribution in [0.25, 0.3) is 27.8 Å². The number of nitrogens with one attached hydrogen (secondary N) is 1. The number of thiophene rings is 1. The van der Waals surface area contributed by atoms with E-state index >= 15 is 0 Å². The third kappa shape index (κ3) is 5.05. The standard InChI is InChI=1S/C30H23Cl2FN2O3S2/c31-25-16-28(39-30(25)32)40(37,38)34-27(36)13-12-19-14-21(33)15-24-23-10-3-4-11-26(23)35(29(19)24)17-20-8-5-7-18-6-1-2-9-22(18)20/h1-2,5-9,12-16H,3-4,10-11,17H2,(H,34,36)/b13-12+. The highest BCUT2D eigenvalue weighted by Gasteiger charge is 2.24. The molecule has 1 aliphatic carbocycles. The van der Waals surface area contributed by atoms with Gasteiger partial charge >= 0.3 is 0 Å². The zero-order chi connectivity index (χ0) is 28.0. The molecule has 2 heterocycles. The summed E-state index contributed by atoms with van der Waals surface area (Å²) < 4.78 is 44.4. The van der Waals surface area contributed by atoms with Crippen LogP contribution in [-0.2, 0) is 34.2 Å². The topological polar surface area (TPSA) is 68.2 Å². The zero-order valence-electron chi connectivity index (χ0n) is 21.1. The van der Waals surface area contributed by atoms with Crippen molar-refractivity contribution < 1.29 is 17.6 Å². The van der Waals surface area contributed by atoms with E-state index in [4.69, 9.17) is 23.2 Å². The lowest BCUT2D eigenvalue weighted by Gasteiger charge is -2.17. The molecule has 40 heavy (non-hydrogen) atoms. The number of carbonyl (C=O) groups excluding carboxylic acids is 1. The van der Waals surface area contributed by atoms with Gasteiger partial charge < -0.3 is 4.57 Å². The van der Waals surface area contributed by atoms with Gasteiger partial charge in [0.15, 0.2) is 0 Å². The maximum Gasteiger partial charge on any atom is 0.273 e. The van der Waals surface area contributed by atoms with Crippen molar-refractivity contribution in [1.29, 1.82) is 0 Å². The smallest absolute Gasteiger partial charge is 0.273 e. The molecule has 1 amide bonds. The Balaban J connectivity index is 1.42. The molecule has 5 aromatic rings. The second-order valence-electron chi connectivity index (χ2n) is 9.74. The van der Waals surface area contributed by atoms with Gasteiger partial charge in [-0.15, -0.1) is 11.3 Å². The SMILES string of the molecule is O=C(/C=C/c1cc(F)cc2c3c(n(Cc4cccc5ccccc45)c12)CCCC3)NS(=O)(=O)c1cc(Cl)c(Cl)s1. The van der Waals surface area contributed by atoms with Crippen LogP contribution < -0.4 is 4.72 Å². The first-order valence-electron chi connectivity index (χ1n) is 12.7. The molecule has 5 nitrogen and oxygen atoms in total. The third-order valence-corrected chi connectivity index (χ3v) is 10.9. The van der Waals surface area contributed by atoms with Crippen molar-refractivity contribution >= 4 is 78.2 Å². The van der Waals surface area contributed by atoms with Gasteiger partial charge in [0.1, 0.15) is 14.4 Å². The fourth-order valence-electron chi connectivity index (χ4n) is 5.51. The van der Waals surface area contributed by atoms with E-state index in [1.54, 1.807) is 6.07 Å². The molecule has 0 bridgehead atoms. The molecule has 0 saturated carbocycles. The predicted octanol–water partition coefficient (Wildman–Crippen LogP) is 7.75. The predicted molar refractivity (Wildman–Crippen MR) is 160 cm³/mol. The first kappa shape index (κ1) is 27.0. The van der Waals surface area contributed by atoms with Crippen LogP contribution >= 0.6 is 34.5 Å². The quantitative estimate of drug-likeness (QED) is 0.199. The number of hydrogen-bond acceptors (Lipinski definition) is 4. The molecule has 3 aromatic carbocycles. The van der Waals surface area contributed by atoms with Crippen molar-refractivity contribution in [2.75, 3.05) is 0 Å². The Labute approximate surface area is 244 Å². The van der Waals surface area contributed by atoms with Gasteiger partial charge in [0.05, 0.1) is 10.5 Å². The molecule has 6 rings (SSSR count). The van der Waals surface area contributed by atoms with Crippen molar-refractivity contribution in [3.05, 3.63) is 104 Å². The van der Waals surface area contributed by atoms with Gasteiger partial charge in [0, 0.05) is 29.3 Å². The van der Waals surface area contributed by atoms with Crippen LogP contribution in [0.15, 0.2) is 70.9 Å². The number of benzene rings is 3. The highest BCUT2D eigenvalue weighted by molar-refractivity contribution is 7.92. The largest absolute Gasteiger partial charge is 0.339 e. The van der Waals surface area contributed by atoms with Crippen LogP contribution in [-0.4, -0.2) is 18.9 Å². The summed E-state index contributed by atoms with van der Waals surface area (Å²) in [6.07, 6.45) is 6.38. The van der Waals surface area contributed by atoms with E-state index in [0.717, 1.165) is 75.9 Å². The molecule has 0 radical (unpaired) electrons. The van der Waals surface area contributed by atoms with E-state index < -0.39 is 21.7 Å². The highest BCUT2D eigenvalue weighted by atomic mass is 35.5. The molecule has 0 unspecified atom stereocenters. The molecule has 1 N–H and O–H groups in total. The number of amides is 1. The monoisotopic (exact) mass is 612 g/mol. The summed E-state index contributed by atoms with van der Waals surface area (Å²) in [5, 5.41) is 3.20. The Bertz CT molecular complexity index is 1920. The van der Waals surface area contributed by atoms with Crippen LogP contribution in [0, 0.1) is 5.82 Å². The highest BCUT2D eigenvalue weighted by Crippen LogP contribution is 2.37. The van der Waals surface area contributed by atoms with Crippen molar-refractivity contribution in [3.63, 3.8) is 0 Å². The van der Waals surface area contributed by atoms with E-state index in [9.17, 15) is 17.6 Å². The second-order valence-corrected chi connectivity index (χ2v) is 13.7. The molecule has 0 saturated heterocycles. The van der Waals surface area contributed by atoms with Crippen molar-refractivity contribution in [2.45, 2.75) is 36.4 Å². The van der Waals surface area contributed by atoms with Crippen molar-refractivity contribution in [3.8, 4) is 0 Å². The number of sulfonamides is 1. The van der Waals surface area contributed by atoms with E-state index in [0.29, 0.717) is 12.1 Å². The van der Waals surface area contributed by atoms with Gasteiger partial charge in [0.25, 0.3) is 15.9 Å².